The van der Waals surface area contributed by atoms with Crippen LogP contribution in [0.3, 0.4) is 0 Å². The average Bonchev–Trinajstić information content (AvgIpc) is 3.23. The van der Waals surface area contributed by atoms with Gasteiger partial charge >= 0.3 is 5.69 Å². The van der Waals surface area contributed by atoms with Crippen LogP contribution in [0.4, 0.5) is 11.5 Å². The van der Waals surface area contributed by atoms with Crippen LogP contribution >= 0.6 is 0 Å². The summed E-state index contributed by atoms with van der Waals surface area (Å²) < 4.78 is 5.50. The fourth-order valence-corrected chi connectivity index (χ4v) is 1.94. The summed E-state index contributed by atoms with van der Waals surface area (Å²) in [4.78, 5) is 16.8. The molecule has 0 bridgehead atoms. The number of likely N-dealkylation sites (N-methyl/N-ethyl adjacent to an activating group) is 1. The Kier molecular flexibility index (Phi) is 4.73. The zero-order valence-corrected chi connectivity index (χ0v) is 11.8. The van der Waals surface area contributed by atoms with Crippen LogP contribution in [-0.4, -0.2) is 47.6 Å². The molecular weight excluding hydrogens is 260 g/mol. The maximum atomic E-state index is 11.0. The van der Waals surface area contributed by atoms with Crippen molar-refractivity contribution in [1.82, 2.24) is 9.88 Å². The highest BCUT2D eigenvalue weighted by Crippen LogP contribution is 2.27. The number of nitro groups is 1. The van der Waals surface area contributed by atoms with Crippen molar-refractivity contribution in [3.8, 4) is 5.88 Å². The molecule has 1 saturated carbocycles. The third-order valence-corrected chi connectivity index (χ3v) is 3.25. The van der Waals surface area contributed by atoms with Gasteiger partial charge in [0.15, 0.2) is 0 Å². The zero-order valence-electron chi connectivity index (χ0n) is 11.8. The third kappa shape index (κ3) is 3.80. The Labute approximate surface area is 118 Å². The fourth-order valence-electron chi connectivity index (χ4n) is 1.94. The predicted octanol–water partition coefficient (Wildman–Crippen LogP) is 1.89. The molecule has 20 heavy (non-hydrogen) atoms. The molecule has 0 spiro atoms. The third-order valence-electron chi connectivity index (χ3n) is 3.25. The molecule has 7 heteroatoms. The van der Waals surface area contributed by atoms with Crippen LogP contribution in [0.25, 0.3) is 0 Å². The van der Waals surface area contributed by atoms with Gasteiger partial charge in [-0.3, -0.25) is 10.1 Å². The summed E-state index contributed by atoms with van der Waals surface area (Å²) in [6.45, 7) is 3.79. The van der Waals surface area contributed by atoms with E-state index in [1.165, 1.54) is 18.9 Å². The molecule has 1 aliphatic rings. The second-order valence-corrected chi connectivity index (χ2v) is 4.87. The smallest absolute Gasteiger partial charge is 0.331 e. The predicted molar refractivity (Wildman–Crippen MR) is 76.2 cm³/mol. The molecule has 1 N–H and O–H groups in total. The Morgan fingerprint density at radius 3 is 2.90 bits per heavy atom. The molecule has 0 aliphatic heterocycles. The highest BCUT2D eigenvalue weighted by molar-refractivity contribution is 5.49. The minimum atomic E-state index is -0.470. The molecular formula is C13H20N4O3. The van der Waals surface area contributed by atoms with Crippen molar-refractivity contribution in [3.63, 3.8) is 0 Å². The second-order valence-electron chi connectivity index (χ2n) is 4.87. The van der Waals surface area contributed by atoms with Crippen LogP contribution in [0.2, 0.25) is 0 Å². The molecule has 0 amide bonds. The van der Waals surface area contributed by atoms with Gasteiger partial charge in [-0.15, -0.1) is 0 Å². The fraction of sp³-hybridized carbons (Fsp3) is 0.615. The van der Waals surface area contributed by atoms with Gasteiger partial charge in [-0.2, -0.15) is 4.98 Å². The Morgan fingerprint density at radius 1 is 1.55 bits per heavy atom. The van der Waals surface area contributed by atoms with Crippen LogP contribution in [0.5, 0.6) is 5.88 Å². The maximum Gasteiger partial charge on any atom is 0.331 e. The minimum Gasteiger partial charge on any atom is -0.471 e. The van der Waals surface area contributed by atoms with E-state index < -0.39 is 4.92 Å². The van der Waals surface area contributed by atoms with E-state index in [-0.39, 0.29) is 11.6 Å². The maximum absolute atomic E-state index is 11.0. The van der Waals surface area contributed by atoms with Crippen molar-refractivity contribution in [2.75, 3.05) is 32.1 Å². The van der Waals surface area contributed by atoms with Gasteiger partial charge in [0, 0.05) is 25.2 Å². The van der Waals surface area contributed by atoms with Crippen molar-refractivity contribution in [1.29, 1.82) is 0 Å². The molecule has 1 aromatic rings. The largest absolute Gasteiger partial charge is 0.471 e. The first-order chi connectivity index (χ1) is 9.61. The lowest BCUT2D eigenvalue weighted by Gasteiger charge is -2.15. The number of nitrogens with one attached hydrogen (secondary N) is 1. The summed E-state index contributed by atoms with van der Waals surface area (Å²) in [6, 6.07) is 3.66. The number of nitrogens with zero attached hydrogens (tertiary/aromatic N) is 3. The molecule has 0 atom stereocenters. The lowest BCUT2D eigenvalue weighted by molar-refractivity contribution is -0.386. The number of aromatic nitrogens is 1. The number of pyridine rings is 1. The molecule has 1 fully saturated rings. The van der Waals surface area contributed by atoms with Crippen molar-refractivity contribution in [2.24, 2.45) is 0 Å². The molecule has 110 valence electrons. The monoisotopic (exact) mass is 280 g/mol. The highest BCUT2D eigenvalue weighted by atomic mass is 16.6. The molecule has 2 rings (SSSR count). The molecule has 0 radical (unpaired) electrons. The van der Waals surface area contributed by atoms with Crippen LogP contribution in [0, 0.1) is 10.1 Å². The average molecular weight is 280 g/mol. The van der Waals surface area contributed by atoms with Crippen molar-refractivity contribution in [3.05, 3.63) is 22.2 Å². The van der Waals surface area contributed by atoms with E-state index in [0.29, 0.717) is 25.0 Å². The van der Waals surface area contributed by atoms with Gasteiger partial charge in [0.05, 0.1) is 4.92 Å². The summed E-state index contributed by atoms with van der Waals surface area (Å²) in [5, 5.41) is 14.0. The van der Waals surface area contributed by atoms with Gasteiger partial charge in [0.2, 0.25) is 0 Å². The van der Waals surface area contributed by atoms with E-state index in [0.717, 1.165) is 6.54 Å². The lowest BCUT2D eigenvalue weighted by atomic mass is 10.4. The van der Waals surface area contributed by atoms with Gasteiger partial charge in [0.1, 0.15) is 12.4 Å². The molecule has 0 saturated heterocycles. The quantitative estimate of drug-likeness (QED) is 0.578. The van der Waals surface area contributed by atoms with E-state index in [9.17, 15) is 10.1 Å². The first kappa shape index (κ1) is 14.5. The van der Waals surface area contributed by atoms with Crippen molar-refractivity contribution >= 4 is 11.5 Å². The van der Waals surface area contributed by atoms with E-state index in [1.54, 1.807) is 6.07 Å². The SMILES string of the molecule is CCNc1ccc([N+](=O)[O-])c(OCCN(C)C2CC2)n1. The molecule has 1 aliphatic carbocycles. The summed E-state index contributed by atoms with van der Waals surface area (Å²) in [7, 11) is 2.04. The minimum absolute atomic E-state index is 0.0812. The lowest BCUT2D eigenvalue weighted by Crippen LogP contribution is -2.26. The molecule has 7 nitrogen and oxygen atoms in total. The van der Waals surface area contributed by atoms with Gasteiger partial charge in [0.25, 0.3) is 5.88 Å². The summed E-state index contributed by atoms with van der Waals surface area (Å²) >= 11 is 0. The van der Waals surface area contributed by atoms with Crippen LogP contribution in [-0.2, 0) is 0 Å². The second kappa shape index (κ2) is 6.51. The van der Waals surface area contributed by atoms with E-state index in [2.05, 4.69) is 15.2 Å². The molecule has 1 heterocycles. The normalized spacial score (nSPS) is 14.3. The van der Waals surface area contributed by atoms with Crippen molar-refractivity contribution in [2.45, 2.75) is 25.8 Å². The van der Waals surface area contributed by atoms with E-state index in [1.807, 2.05) is 14.0 Å². The molecule has 0 unspecified atom stereocenters. The zero-order chi connectivity index (χ0) is 14.5. The van der Waals surface area contributed by atoms with Gasteiger partial charge in [-0.25, -0.2) is 0 Å². The van der Waals surface area contributed by atoms with Gasteiger partial charge in [-0.1, -0.05) is 0 Å². The number of hydrogen-bond donors (Lipinski definition) is 1. The van der Waals surface area contributed by atoms with Gasteiger partial charge in [-0.05, 0) is 32.9 Å². The van der Waals surface area contributed by atoms with E-state index in [4.69, 9.17) is 4.74 Å². The van der Waals surface area contributed by atoms with E-state index >= 15 is 0 Å². The summed E-state index contributed by atoms with van der Waals surface area (Å²) in [6.07, 6.45) is 2.45. The summed E-state index contributed by atoms with van der Waals surface area (Å²) in [5.74, 6) is 0.668. The number of ether oxygens (including phenoxy) is 1. The van der Waals surface area contributed by atoms with Crippen LogP contribution < -0.4 is 10.1 Å². The Morgan fingerprint density at radius 2 is 2.30 bits per heavy atom. The number of anilines is 1. The molecule has 0 aromatic carbocycles. The Balaban J connectivity index is 1.98. The number of rotatable bonds is 8. The first-order valence-corrected chi connectivity index (χ1v) is 6.84. The number of hydrogen-bond acceptors (Lipinski definition) is 6. The Hall–Kier alpha value is -1.89. The standard InChI is InChI=1S/C13H20N4O3/c1-3-14-12-7-6-11(17(18)19)13(15-12)20-9-8-16(2)10-4-5-10/h6-7,10H,3-5,8-9H2,1-2H3,(H,14,15). The van der Waals surface area contributed by atoms with Crippen molar-refractivity contribution < 1.29 is 9.66 Å². The summed E-state index contributed by atoms with van der Waals surface area (Å²) in [5.41, 5.74) is -0.0965. The van der Waals surface area contributed by atoms with Crippen LogP contribution in [0.1, 0.15) is 19.8 Å². The van der Waals surface area contributed by atoms with Crippen LogP contribution in [0.15, 0.2) is 12.1 Å². The highest BCUT2D eigenvalue weighted by Gasteiger charge is 2.26. The first-order valence-electron chi connectivity index (χ1n) is 6.84. The molecule has 1 aromatic heterocycles. The Bertz CT molecular complexity index is 477. The van der Waals surface area contributed by atoms with Gasteiger partial charge < -0.3 is 15.0 Å². The topological polar surface area (TPSA) is 80.5 Å².